The van der Waals surface area contributed by atoms with Gasteiger partial charge in [-0.2, -0.15) is 0 Å². The molecule has 0 aliphatic rings. The molecule has 0 aliphatic heterocycles. The van der Waals surface area contributed by atoms with Gasteiger partial charge in [0.25, 0.3) is 0 Å². The molecule has 2 heteroatoms. The zero-order valence-electron chi connectivity index (χ0n) is 27.8. The van der Waals surface area contributed by atoms with Crippen molar-refractivity contribution in [2.45, 2.75) is 0 Å². The second-order valence-electron chi connectivity index (χ2n) is 12.6. The topological polar surface area (TPSA) is 3.24 Å². The van der Waals surface area contributed by atoms with Gasteiger partial charge in [-0.25, -0.2) is 0 Å². The quantitative estimate of drug-likeness (QED) is 0.111. The smallest absolute Gasteiger partial charge is 0.179 e. The third-order valence-corrected chi connectivity index (χ3v) is 14.4. The van der Waals surface area contributed by atoms with Crippen LogP contribution < -0.4 is 25.6 Å². The molecule has 0 aliphatic carbocycles. The van der Waals surface area contributed by atoms with E-state index in [4.69, 9.17) is 0 Å². The Labute approximate surface area is 296 Å². The molecule has 0 saturated carbocycles. The van der Waals surface area contributed by atoms with E-state index in [1.807, 2.05) is 0 Å². The van der Waals surface area contributed by atoms with E-state index >= 15 is 0 Å². The van der Waals surface area contributed by atoms with Gasteiger partial charge < -0.3 is 4.90 Å². The maximum Gasteiger partial charge on any atom is 0.179 e. The van der Waals surface area contributed by atoms with Crippen LogP contribution in [-0.2, 0) is 0 Å². The molecular formula is C48H37NSi. The van der Waals surface area contributed by atoms with E-state index in [0.717, 1.165) is 17.1 Å². The Morgan fingerprint density at radius 1 is 0.220 bits per heavy atom. The second-order valence-corrected chi connectivity index (χ2v) is 16.4. The Hall–Kier alpha value is -6.22. The van der Waals surface area contributed by atoms with Crippen LogP contribution in [0.25, 0.3) is 22.3 Å². The van der Waals surface area contributed by atoms with Gasteiger partial charge in [-0.05, 0) is 79.4 Å². The lowest BCUT2D eigenvalue weighted by Crippen LogP contribution is -2.74. The van der Waals surface area contributed by atoms with E-state index in [1.54, 1.807) is 0 Å². The van der Waals surface area contributed by atoms with Gasteiger partial charge in [0.1, 0.15) is 0 Å². The molecule has 0 bridgehead atoms. The molecule has 8 rings (SSSR count). The van der Waals surface area contributed by atoms with Crippen molar-refractivity contribution in [2.24, 2.45) is 0 Å². The van der Waals surface area contributed by atoms with Gasteiger partial charge in [0.2, 0.25) is 0 Å². The highest BCUT2D eigenvalue weighted by atomic mass is 28.3. The van der Waals surface area contributed by atoms with Crippen LogP contribution >= 0.6 is 0 Å². The normalized spacial score (nSPS) is 11.2. The fraction of sp³-hybridized carbons (Fsp3) is 0. The molecule has 0 N–H and O–H groups in total. The van der Waals surface area contributed by atoms with E-state index in [9.17, 15) is 0 Å². The van der Waals surface area contributed by atoms with Gasteiger partial charge >= 0.3 is 0 Å². The summed E-state index contributed by atoms with van der Waals surface area (Å²) >= 11 is 0. The summed E-state index contributed by atoms with van der Waals surface area (Å²) in [6, 6.07) is 81.5. The first-order chi connectivity index (χ1) is 24.8. The van der Waals surface area contributed by atoms with Crippen molar-refractivity contribution in [1.82, 2.24) is 0 Å². The van der Waals surface area contributed by atoms with Gasteiger partial charge in [-0.15, -0.1) is 0 Å². The molecule has 0 saturated heterocycles. The van der Waals surface area contributed by atoms with Crippen molar-refractivity contribution in [1.29, 1.82) is 0 Å². The van der Waals surface area contributed by atoms with Gasteiger partial charge in [0.15, 0.2) is 8.07 Å². The number of para-hydroxylation sites is 2. The molecule has 0 spiro atoms. The number of benzene rings is 8. The summed E-state index contributed by atoms with van der Waals surface area (Å²) in [5, 5.41) is 5.53. The molecule has 8 aromatic rings. The van der Waals surface area contributed by atoms with Gasteiger partial charge in [-0.1, -0.05) is 188 Å². The molecule has 0 radical (unpaired) electrons. The maximum absolute atomic E-state index is 2.54. The number of nitrogens with zero attached hydrogens (tertiary/aromatic N) is 1. The lowest BCUT2D eigenvalue weighted by atomic mass is 10.00. The van der Waals surface area contributed by atoms with Gasteiger partial charge in [0, 0.05) is 17.1 Å². The molecule has 0 unspecified atom stereocenters. The Kier molecular flexibility index (Phi) is 8.76. The fourth-order valence-electron chi connectivity index (χ4n) is 7.24. The van der Waals surface area contributed by atoms with E-state index in [0.29, 0.717) is 0 Å². The second kappa shape index (κ2) is 14.1. The van der Waals surface area contributed by atoms with Crippen LogP contribution in [-0.4, -0.2) is 8.07 Å². The number of rotatable bonds is 9. The average Bonchev–Trinajstić information content (AvgIpc) is 3.21. The first-order valence-corrected chi connectivity index (χ1v) is 19.2. The van der Waals surface area contributed by atoms with Gasteiger partial charge in [-0.3, -0.25) is 0 Å². The van der Waals surface area contributed by atoms with Crippen LogP contribution in [0.4, 0.5) is 17.1 Å². The van der Waals surface area contributed by atoms with Gasteiger partial charge in [0.05, 0.1) is 0 Å². The molecule has 1 nitrogen and oxygen atoms in total. The summed E-state index contributed by atoms with van der Waals surface area (Å²) in [7, 11) is -2.54. The van der Waals surface area contributed by atoms with Crippen molar-refractivity contribution in [3.63, 3.8) is 0 Å². The first kappa shape index (κ1) is 31.1. The number of hydrogen-bond acceptors (Lipinski definition) is 1. The van der Waals surface area contributed by atoms with Crippen molar-refractivity contribution < 1.29 is 0 Å². The minimum absolute atomic E-state index is 1.13. The Balaban J connectivity index is 1.10. The Bertz CT molecular complexity index is 2120. The predicted molar refractivity (Wildman–Crippen MR) is 216 cm³/mol. The molecule has 0 amide bonds. The average molecular weight is 656 g/mol. The summed E-state index contributed by atoms with van der Waals surface area (Å²) in [6.07, 6.45) is 0. The van der Waals surface area contributed by atoms with E-state index in [2.05, 4.69) is 229 Å². The maximum atomic E-state index is 2.37. The van der Waals surface area contributed by atoms with E-state index in [1.165, 1.54) is 43.0 Å². The van der Waals surface area contributed by atoms with Crippen LogP contribution in [0.15, 0.2) is 224 Å². The summed E-state index contributed by atoms with van der Waals surface area (Å²) < 4.78 is 0. The summed E-state index contributed by atoms with van der Waals surface area (Å²) in [5.74, 6) is 0. The highest BCUT2D eigenvalue weighted by Gasteiger charge is 2.41. The van der Waals surface area contributed by atoms with Crippen molar-refractivity contribution in [3.05, 3.63) is 224 Å². The molecule has 0 atom stereocenters. The highest BCUT2D eigenvalue weighted by Crippen LogP contribution is 2.35. The lowest BCUT2D eigenvalue weighted by molar-refractivity contribution is 1.28. The van der Waals surface area contributed by atoms with Crippen molar-refractivity contribution in [3.8, 4) is 22.3 Å². The summed E-state index contributed by atoms with van der Waals surface area (Å²) in [6.45, 7) is 0. The molecule has 50 heavy (non-hydrogen) atoms. The molecule has 238 valence electrons. The summed E-state index contributed by atoms with van der Waals surface area (Å²) in [5.41, 5.74) is 8.23. The molecule has 8 aromatic carbocycles. The number of anilines is 3. The third-order valence-electron chi connectivity index (χ3n) is 9.64. The Morgan fingerprint density at radius 3 is 0.800 bits per heavy atom. The Morgan fingerprint density at radius 2 is 0.460 bits per heavy atom. The first-order valence-electron chi connectivity index (χ1n) is 17.2. The van der Waals surface area contributed by atoms with Crippen LogP contribution in [0.3, 0.4) is 0 Å². The zero-order chi connectivity index (χ0) is 33.6. The third kappa shape index (κ3) is 5.98. The highest BCUT2D eigenvalue weighted by molar-refractivity contribution is 7.19. The molecule has 0 fully saturated rings. The fourth-order valence-corrected chi connectivity index (χ4v) is 12.0. The van der Waals surface area contributed by atoms with Crippen LogP contribution in [0.2, 0.25) is 0 Å². The lowest BCUT2D eigenvalue weighted by Gasteiger charge is -2.34. The van der Waals surface area contributed by atoms with Crippen LogP contribution in [0, 0.1) is 0 Å². The molecular weight excluding hydrogens is 619 g/mol. The summed E-state index contributed by atoms with van der Waals surface area (Å²) in [4.78, 5) is 2.29. The minimum Gasteiger partial charge on any atom is -0.311 e. The van der Waals surface area contributed by atoms with E-state index in [-0.39, 0.29) is 0 Å². The predicted octanol–water partition coefficient (Wildman–Crippen LogP) is 9.87. The standard InChI is InChI=1S/C48H37NSi/c1-6-16-42(17-7-1)49(43-18-8-2-9-19-43)44-34-30-40(31-35-44)38-26-28-39(29-27-38)41-32-36-48(37-33-41)50(45-20-10-3-11-21-45,46-22-12-4-13-23-46)47-24-14-5-15-25-47/h1-37H. The largest absolute Gasteiger partial charge is 0.311 e. The van der Waals surface area contributed by atoms with E-state index < -0.39 is 8.07 Å². The monoisotopic (exact) mass is 655 g/mol. The van der Waals surface area contributed by atoms with Crippen LogP contribution in [0.1, 0.15) is 0 Å². The SMILES string of the molecule is c1ccc(N(c2ccccc2)c2ccc(-c3ccc(-c4ccc([Si](c5ccccc5)(c5ccccc5)c5ccccc5)cc4)cc3)cc2)cc1. The van der Waals surface area contributed by atoms with Crippen LogP contribution in [0.5, 0.6) is 0 Å². The molecule has 0 aromatic heterocycles. The molecule has 0 heterocycles. The zero-order valence-corrected chi connectivity index (χ0v) is 28.8. The number of hydrogen-bond donors (Lipinski definition) is 0. The minimum atomic E-state index is -2.54. The van der Waals surface area contributed by atoms with Crippen molar-refractivity contribution in [2.75, 3.05) is 4.90 Å². The van der Waals surface area contributed by atoms with Crippen molar-refractivity contribution >= 4 is 45.9 Å².